The van der Waals surface area contributed by atoms with E-state index in [1.165, 1.54) is 22.5 Å². The van der Waals surface area contributed by atoms with Gasteiger partial charge in [0, 0.05) is 51.4 Å². The number of nitrogens with one attached hydrogen (secondary N) is 1. The molecule has 1 aliphatic heterocycles. The summed E-state index contributed by atoms with van der Waals surface area (Å²) in [6, 6.07) is 5.84. The van der Waals surface area contributed by atoms with E-state index in [9.17, 15) is 4.79 Å². The molecule has 1 unspecified atom stereocenters. The van der Waals surface area contributed by atoms with Crippen LogP contribution in [-0.2, 0) is 45.7 Å². The molecule has 2 aromatic rings. The maximum Gasteiger partial charge on any atom is 0.241 e. The van der Waals surface area contributed by atoms with Crippen LogP contribution in [0.4, 0.5) is 5.13 Å². The fourth-order valence-electron chi connectivity index (χ4n) is 2.09. The van der Waals surface area contributed by atoms with Crippen LogP contribution < -0.4 is 5.32 Å². The molecule has 1 aliphatic rings. The zero-order valence-electron chi connectivity index (χ0n) is 10.7. The van der Waals surface area contributed by atoms with E-state index in [2.05, 4.69) is 35.1 Å². The number of nitrogens with zero attached hydrogens (tertiary/aromatic N) is 3. The van der Waals surface area contributed by atoms with Gasteiger partial charge in [0.15, 0.2) is 0 Å². The van der Waals surface area contributed by atoms with Crippen molar-refractivity contribution in [3.8, 4) is 0 Å². The Morgan fingerprint density at radius 3 is 3.05 bits per heavy atom. The number of hydrogen-bond acceptors (Lipinski definition) is 5. The minimum absolute atomic E-state index is 0. The molecular weight excluding hydrogens is 368 g/mol. The number of fused-ring (bicyclic) bond motifs is 1. The van der Waals surface area contributed by atoms with Crippen LogP contribution >= 0.6 is 20.7 Å². The van der Waals surface area contributed by atoms with Gasteiger partial charge in [0.25, 0.3) is 0 Å². The number of benzene rings is 1. The Labute approximate surface area is 148 Å². The normalized spacial score (nSPS) is 14.2. The molecule has 3 rings (SSSR count). The molecule has 2 heterocycles. The van der Waals surface area contributed by atoms with Crippen LogP contribution in [0.25, 0.3) is 0 Å². The van der Waals surface area contributed by atoms with Gasteiger partial charge < -0.3 is 5.32 Å². The van der Waals surface area contributed by atoms with Crippen molar-refractivity contribution in [3.63, 3.8) is 0 Å². The zero-order chi connectivity index (χ0) is 13.2. The number of amides is 1. The molecule has 0 bridgehead atoms. The zero-order valence-corrected chi connectivity index (χ0v) is 15.5. The topological polar surface area (TPSA) is 58.1 Å². The third-order valence-electron chi connectivity index (χ3n) is 3.05. The number of carbonyl (C=O) groups is 1. The van der Waals surface area contributed by atoms with Gasteiger partial charge in [-0.05, 0) is 29.7 Å². The summed E-state index contributed by atoms with van der Waals surface area (Å²) in [6.07, 6.45) is 0.965. The van der Waals surface area contributed by atoms with Crippen LogP contribution in [0.1, 0.15) is 21.5 Å². The molecule has 5 nitrogen and oxygen atoms in total. The first-order valence-electron chi connectivity index (χ1n) is 5.85. The van der Waals surface area contributed by atoms with Crippen molar-refractivity contribution in [3.05, 3.63) is 40.4 Å². The molecular formula is C12H12N4OPSY-. The van der Waals surface area contributed by atoms with Gasteiger partial charge in [0.2, 0.25) is 5.91 Å². The Morgan fingerprint density at radius 2 is 2.30 bits per heavy atom. The van der Waals surface area contributed by atoms with Crippen molar-refractivity contribution in [2.45, 2.75) is 13.0 Å². The van der Waals surface area contributed by atoms with E-state index >= 15 is 0 Å². The molecule has 0 spiro atoms. The average molecular weight is 380 g/mol. The summed E-state index contributed by atoms with van der Waals surface area (Å²) in [5.74, 6) is -0.152. The maximum atomic E-state index is 12.1. The summed E-state index contributed by atoms with van der Waals surface area (Å²) in [4.78, 5) is 12.1. The summed E-state index contributed by atoms with van der Waals surface area (Å²) in [5.41, 5.74) is 5.78. The smallest absolute Gasteiger partial charge is 0.241 e. The Balaban J connectivity index is 0.00000147. The SMILES string of the molecule is O=C(Nc1nn[c-]s1)c1ccc2c(c1)CCN(P)C2.[Y]. The molecule has 0 saturated carbocycles. The van der Waals surface area contributed by atoms with Crippen molar-refractivity contribution in [1.82, 2.24) is 14.9 Å². The average Bonchev–Trinajstić information content (AvgIpc) is 2.91. The van der Waals surface area contributed by atoms with Crippen molar-refractivity contribution in [1.29, 1.82) is 0 Å². The Bertz CT molecular complexity index is 608. The number of aromatic nitrogens is 2. The molecule has 1 radical (unpaired) electrons. The van der Waals surface area contributed by atoms with Crippen molar-refractivity contribution in [2.24, 2.45) is 0 Å². The van der Waals surface area contributed by atoms with Crippen LogP contribution in [0, 0.1) is 5.51 Å². The van der Waals surface area contributed by atoms with Gasteiger partial charge in [0.1, 0.15) is 0 Å². The second-order valence-corrected chi connectivity index (χ2v) is 5.86. The minimum atomic E-state index is -0.152. The second kappa shape index (κ2) is 7.14. The monoisotopic (exact) mass is 380 g/mol. The van der Waals surface area contributed by atoms with E-state index in [0.29, 0.717) is 10.7 Å². The van der Waals surface area contributed by atoms with Crippen LogP contribution in [-0.4, -0.2) is 27.3 Å². The molecule has 101 valence electrons. The Morgan fingerprint density at radius 1 is 1.45 bits per heavy atom. The van der Waals surface area contributed by atoms with Crippen LogP contribution in [0.15, 0.2) is 18.2 Å². The summed E-state index contributed by atoms with van der Waals surface area (Å²) < 4.78 is 2.19. The fourth-order valence-corrected chi connectivity index (χ4v) is 2.81. The molecule has 8 heteroatoms. The van der Waals surface area contributed by atoms with Gasteiger partial charge in [-0.15, -0.1) is 0 Å². The Hall–Kier alpha value is -0.256. The molecule has 0 fully saturated rings. The Kier molecular flexibility index (Phi) is 5.76. The number of carbonyl (C=O) groups excluding carboxylic acids is 1. The third kappa shape index (κ3) is 3.68. The van der Waals surface area contributed by atoms with Crippen LogP contribution in [0.2, 0.25) is 0 Å². The first-order chi connectivity index (χ1) is 9.22. The predicted octanol–water partition coefficient (Wildman–Crippen LogP) is 1.74. The van der Waals surface area contributed by atoms with Crippen LogP contribution in [0.3, 0.4) is 0 Å². The van der Waals surface area contributed by atoms with Crippen molar-refractivity contribution >= 4 is 31.8 Å². The van der Waals surface area contributed by atoms with E-state index in [-0.39, 0.29) is 38.6 Å². The predicted molar refractivity (Wildman–Crippen MR) is 77.0 cm³/mol. The van der Waals surface area contributed by atoms with Gasteiger partial charge in [-0.1, -0.05) is 21.0 Å². The molecule has 1 N–H and O–H groups in total. The van der Waals surface area contributed by atoms with Gasteiger partial charge in [-0.2, -0.15) is 0 Å². The first kappa shape index (κ1) is 16.1. The van der Waals surface area contributed by atoms with E-state index < -0.39 is 0 Å². The van der Waals surface area contributed by atoms with E-state index in [1.54, 1.807) is 0 Å². The first-order valence-corrected chi connectivity index (χ1v) is 7.18. The van der Waals surface area contributed by atoms with Gasteiger partial charge in [0.05, 0.1) is 5.13 Å². The van der Waals surface area contributed by atoms with Crippen LogP contribution in [0.5, 0.6) is 0 Å². The molecule has 20 heavy (non-hydrogen) atoms. The largest absolute Gasteiger partial charge is 0.375 e. The maximum absolute atomic E-state index is 12.1. The molecule has 1 aromatic heterocycles. The molecule has 0 aliphatic carbocycles. The summed E-state index contributed by atoms with van der Waals surface area (Å²) in [6.45, 7) is 1.90. The second-order valence-electron chi connectivity index (χ2n) is 4.36. The standard InChI is InChI=1S/C12H12N4OPS.Y/c17-11(14-12-15-13-7-19-12)9-1-2-10-6-16(18)4-3-8(10)5-9;/h1-2,5H,3-4,6,18H2,(H,14,15,17);/q-1;. The third-order valence-corrected chi connectivity index (χ3v) is 4.05. The van der Waals surface area contributed by atoms with Gasteiger partial charge >= 0.3 is 0 Å². The number of hydrogen-bond donors (Lipinski definition) is 1. The van der Waals surface area contributed by atoms with Gasteiger partial charge in [-0.3, -0.25) is 25.9 Å². The summed E-state index contributed by atoms with van der Waals surface area (Å²) in [7, 11) is 2.72. The van der Waals surface area contributed by atoms with E-state index in [0.717, 1.165) is 19.5 Å². The number of anilines is 1. The summed E-state index contributed by atoms with van der Waals surface area (Å²) >= 11 is 1.19. The molecule has 0 saturated heterocycles. The fraction of sp³-hybridized carbons (Fsp3) is 0.250. The molecule has 1 aromatic carbocycles. The van der Waals surface area contributed by atoms with Crippen molar-refractivity contribution < 1.29 is 37.5 Å². The number of rotatable bonds is 2. The summed E-state index contributed by atoms with van der Waals surface area (Å²) in [5, 5.41) is 10.5. The van der Waals surface area contributed by atoms with E-state index in [4.69, 9.17) is 0 Å². The minimum Gasteiger partial charge on any atom is -0.375 e. The quantitative estimate of drug-likeness (QED) is 0.637. The molecule has 1 amide bonds. The molecule has 1 atom stereocenters. The van der Waals surface area contributed by atoms with Crippen molar-refractivity contribution in [2.75, 3.05) is 11.9 Å². The van der Waals surface area contributed by atoms with Gasteiger partial charge in [-0.25, -0.2) is 5.10 Å². The van der Waals surface area contributed by atoms with E-state index in [1.807, 2.05) is 18.2 Å².